The molecular formula is C14H18N4. The highest BCUT2D eigenvalue weighted by Crippen LogP contribution is 2.16. The van der Waals surface area contributed by atoms with Gasteiger partial charge in [0, 0.05) is 24.0 Å². The molecule has 18 heavy (non-hydrogen) atoms. The third kappa shape index (κ3) is 3.05. The van der Waals surface area contributed by atoms with Crippen LogP contribution in [0.1, 0.15) is 24.0 Å². The molecule has 0 unspecified atom stereocenters. The third-order valence-electron chi connectivity index (χ3n) is 2.72. The first-order valence-corrected chi connectivity index (χ1v) is 6.12. The summed E-state index contributed by atoms with van der Waals surface area (Å²) in [6, 6.07) is 10.0. The number of benzene rings is 1. The van der Waals surface area contributed by atoms with Crippen LogP contribution in [0, 0.1) is 6.92 Å². The quantitative estimate of drug-likeness (QED) is 0.864. The fourth-order valence-corrected chi connectivity index (χ4v) is 1.75. The molecule has 1 heterocycles. The molecule has 0 aliphatic carbocycles. The second-order valence-corrected chi connectivity index (χ2v) is 4.17. The van der Waals surface area contributed by atoms with Gasteiger partial charge in [0.05, 0.1) is 0 Å². The minimum absolute atomic E-state index is 0.562. The lowest BCUT2D eigenvalue weighted by Gasteiger charge is -2.08. The van der Waals surface area contributed by atoms with Gasteiger partial charge in [-0.3, -0.25) is 0 Å². The Morgan fingerprint density at radius 2 is 1.89 bits per heavy atom. The Morgan fingerprint density at radius 3 is 2.50 bits per heavy atom. The predicted octanol–water partition coefficient (Wildman–Crippen LogP) is 2.55. The van der Waals surface area contributed by atoms with Crippen molar-refractivity contribution in [3.8, 4) is 0 Å². The van der Waals surface area contributed by atoms with E-state index in [0.717, 1.165) is 35.0 Å². The normalized spacial score (nSPS) is 10.4. The molecule has 2 rings (SSSR count). The minimum Gasteiger partial charge on any atom is -0.340 e. The number of aromatic nitrogens is 2. The maximum absolute atomic E-state index is 5.57. The number of nitrogens with one attached hydrogen (secondary N) is 1. The molecule has 4 heteroatoms. The van der Waals surface area contributed by atoms with Gasteiger partial charge in [0.2, 0.25) is 0 Å². The van der Waals surface area contributed by atoms with E-state index in [1.165, 1.54) is 0 Å². The van der Waals surface area contributed by atoms with Crippen LogP contribution in [0.25, 0.3) is 0 Å². The van der Waals surface area contributed by atoms with E-state index in [0.29, 0.717) is 6.54 Å². The number of rotatable bonds is 4. The first kappa shape index (κ1) is 12.5. The van der Waals surface area contributed by atoms with Gasteiger partial charge in [-0.05, 0) is 31.0 Å². The van der Waals surface area contributed by atoms with Crippen LogP contribution in [0.2, 0.25) is 0 Å². The van der Waals surface area contributed by atoms with Crippen LogP contribution < -0.4 is 11.1 Å². The van der Waals surface area contributed by atoms with Crippen LogP contribution in [-0.2, 0) is 13.0 Å². The Bertz CT molecular complexity index is 520. The number of hydrogen-bond acceptors (Lipinski definition) is 4. The van der Waals surface area contributed by atoms with Gasteiger partial charge < -0.3 is 11.1 Å². The maximum Gasteiger partial charge on any atom is 0.134 e. The number of anilines is 2. The summed E-state index contributed by atoms with van der Waals surface area (Å²) in [7, 11) is 0. The van der Waals surface area contributed by atoms with E-state index >= 15 is 0 Å². The highest BCUT2D eigenvalue weighted by Gasteiger charge is 2.01. The van der Waals surface area contributed by atoms with Gasteiger partial charge >= 0.3 is 0 Å². The van der Waals surface area contributed by atoms with Crippen LogP contribution >= 0.6 is 0 Å². The molecule has 0 spiro atoms. The highest BCUT2D eigenvalue weighted by molar-refractivity contribution is 5.56. The van der Waals surface area contributed by atoms with E-state index in [9.17, 15) is 0 Å². The van der Waals surface area contributed by atoms with Crippen LogP contribution in [0.3, 0.4) is 0 Å². The van der Waals surface area contributed by atoms with Crippen LogP contribution in [0.4, 0.5) is 11.5 Å². The lowest BCUT2D eigenvalue weighted by atomic mass is 10.2. The van der Waals surface area contributed by atoms with Crippen molar-refractivity contribution in [1.29, 1.82) is 0 Å². The molecule has 0 aliphatic heterocycles. The first-order valence-electron chi connectivity index (χ1n) is 6.12. The summed E-state index contributed by atoms with van der Waals surface area (Å²) in [4.78, 5) is 8.73. The third-order valence-corrected chi connectivity index (χ3v) is 2.72. The molecule has 0 atom stereocenters. The topological polar surface area (TPSA) is 63.8 Å². The Kier molecular flexibility index (Phi) is 3.89. The Morgan fingerprint density at radius 1 is 1.17 bits per heavy atom. The second kappa shape index (κ2) is 5.60. The summed E-state index contributed by atoms with van der Waals surface area (Å²) < 4.78 is 0. The van der Waals surface area contributed by atoms with Crippen LogP contribution in [-0.4, -0.2) is 9.97 Å². The van der Waals surface area contributed by atoms with E-state index in [-0.39, 0.29) is 0 Å². The average molecular weight is 242 g/mol. The van der Waals surface area contributed by atoms with Crippen LogP contribution in [0.15, 0.2) is 30.3 Å². The average Bonchev–Trinajstić information content (AvgIpc) is 2.39. The number of nitrogens with two attached hydrogens (primary N) is 1. The van der Waals surface area contributed by atoms with Crippen LogP contribution in [0.5, 0.6) is 0 Å². The zero-order valence-corrected chi connectivity index (χ0v) is 10.8. The number of hydrogen-bond donors (Lipinski definition) is 2. The lowest BCUT2D eigenvalue weighted by molar-refractivity contribution is 0.953. The van der Waals surface area contributed by atoms with Crippen molar-refractivity contribution in [1.82, 2.24) is 9.97 Å². The summed E-state index contributed by atoms with van der Waals surface area (Å²) in [6.45, 7) is 4.55. The Balaban J connectivity index is 2.19. The van der Waals surface area contributed by atoms with Gasteiger partial charge in [-0.25, -0.2) is 9.97 Å². The van der Waals surface area contributed by atoms with Gasteiger partial charge in [0.25, 0.3) is 0 Å². The summed E-state index contributed by atoms with van der Waals surface area (Å²) >= 11 is 0. The molecule has 1 aromatic heterocycles. The van der Waals surface area contributed by atoms with E-state index in [1.54, 1.807) is 0 Å². The molecule has 0 saturated heterocycles. The maximum atomic E-state index is 5.57. The molecule has 0 amide bonds. The fraction of sp³-hybridized carbons (Fsp3) is 0.286. The van der Waals surface area contributed by atoms with E-state index in [2.05, 4.69) is 22.2 Å². The molecule has 2 aromatic rings. The monoisotopic (exact) mass is 242 g/mol. The largest absolute Gasteiger partial charge is 0.340 e. The molecule has 0 bridgehead atoms. The highest BCUT2D eigenvalue weighted by atomic mass is 15.0. The van der Waals surface area contributed by atoms with Crippen molar-refractivity contribution in [3.63, 3.8) is 0 Å². The second-order valence-electron chi connectivity index (χ2n) is 4.17. The Labute approximate surface area is 107 Å². The standard InChI is InChI=1S/C14H18N4/c1-3-12-8-14(17-10(2)16-12)18-13-6-4-11(9-15)5-7-13/h4-8H,3,9,15H2,1-2H3,(H,16,17,18). The van der Waals surface area contributed by atoms with Gasteiger partial charge in [-0.15, -0.1) is 0 Å². The van der Waals surface area contributed by atoms with Crippen molar-refractivity contribution in [3.05, 3.63) is 47.4 Å². The first-order chi connectivity index (χ1) is 8.71. The molecule has 1 aromatic carbocycles. The van der Waals surface area contributed by atoms with Crippen molar-refractivity contribution >= 4 is 11.5 Å². The molecule has 4 nitrogen and oxygen atoms in total. The van der Waals surface area contributed by atoms with Crippen molar-refractivity contribution in [2.24, 2.45) is 5.73 Å². The zero-order valence-electron chi connectivity index (χ0n) is 10.8. The predicted molar refractivity (Wildman–Crippen MR) is 73.8 cm³/mol. The van der Waals surface area contributed by atoms with E-state index in [4.69, 9.17) is 5.73 Å². The summed E-state index contributed by atoms with van der Waals surface area (Å²) in [5.74, 6) is 1.62. The zero-order chi connectivity index (χ0) is 13.0. The van der Waals surface area contributed by atoms with E-state index < -0.39 is 0 Å². The molecule has 0 fully saturated rings. The molecule has 0 radical (unpaired) electrons. The van der Waals surface area contributed by atoms with Gasteiger partial charge in [0.1, 0.15) is 11.6 Å². The molecule has 0 aliphatic rings. The summed E-state index contributed by atoms with van der Waals surface area (Å²) in [5.41, 5.74) is 8.74. The minimum atomic E-state index is 0.562. The van der Waals surface area contributed by atoms with E-state index in [1.807, 2.05) is 37.3 Å². The lowest BCUT2D eigenvalue weighted by Crippen LogP contribution is -2.01. The fourth-order valence-electron chi connectivity index (χ4n) is 1.75. The SMILES string of the molecule is CCc1cc(Nc2ccc(CN)cc2)nc(C)n1. The van der Waals surface area contributed by atoms with Crippen molar-refractivity contribution in [2.45, 2.75) is 26.8 Å². The smallest absolute Gasteiger partial charge is 0.134 e. The number of nitrogens with zero attached hydrogens (tertiary/aromatic N) is 2. The molecular weight excluding hydrogens is 224 g/mol. The van der Waals surface area contributed by atoms with Gasteiger partial charge in [-0.2, -0.15) is 0 Å². The Hall–Kier alpha value is -1.94. The molecule has 0 saturated carbocycles. The van der Waals surface area contributed by atoms with Crippen molar-refractivity contribution < 1.29 is 0 Å². The summed E-state index contributed by atoms with van der Waals surface area (Å²) in [6.07, 6.45) is 0.907. The summed E-state index contributed by atoms with van der Waals surface area (Å²) in [5, 5.41) is 3.28. The number of aryl methyl sites for hydroxylation is 2. The van der Waals surface area contributed by atoms with Gasteiger partial charge in [0.15, 0.2) is 0 Å². The molecule has 94 valence electrons. The van der Waals surface area contributed by atoms with Crippen molar-refractivity contribution in [2.75, 3.05) is 5.32 Å². The molecule has 3 N–H and O–H groups in total. The van der Waals surface area contributed by atoms with Gasteiger partial charge in [-0.1, -0.05) is 19.1 Å².